The molecule has 0 aromatic carbocycles. The van der Waals surface area contributed by atoms with E-state index in [9.17, 15) is 13.2 Å². The van der Waals surface area contributed by atoms with Gasteiger partial charge in [-0.1, -0.05) is 0 Å². The third-order valence-electron chi connectivity index (χ3n) is 2.82. The lowest BCUT2D eigenvalue weighted by atomic mass is 10.1. The quantitative estimate of drug-likeness (QED) is 0.618. The van der Waals surface area contributed by atoms with Crippen LogP contribution in [0.1, 0.15) is 19.3 Å². The van der Waals surface area contributed by atoms with Crippen LogP contribution in [-0.2, 0) is 14.6 Å². The number of carbonyl (C=O) groups is 1. The van der Waals surface area contributed by atoms with E-state index in [-0.39, 0.29) is 29.9 Å². The van der Waals surface area contributed by atoms with Crippen LogP contribution in [0.15, 0.2) is 0 Å². The fraction of sp³-hybridized carbons (Fsp3) is 0.909. The molecule has 1 aliphatic rings. The fourth-order valence-corrected chi connectivity index (χ4v) is 4.54. The van der Waals surface area contributed by atoms with E-state index in [1.807, 2.05) is 0 Å². The Labute approximate surface area is 113 Å². The second-order valence-electron chi connectivity index (χ2n) is 4.51. The minimum absolute atomic E-state index is 0.00274. The number of aliphatic hydroxyl groups excluding tert-OH is 1. The van der Waals surface area contributed by atoms with Gasteiger partial charge in [-0.2, -0.15) is 11.8 Å². The van der Waals surface area contributed by atoms with Crippen LogP contribution in [0.4, 0.5) is 0 Å². The van der Waals surface area contributed by atoms with Gasteiger partial charge in [0.05, 0.1) is 11.5 Å². The number of amides is 1. The number of thioether (sulfide) groups is 1. The van der Waals surface area contributed by atoms with Crippen molar-refractivity contribution in [3.63, 3.8) is 0 Å². The molecule has 0 bridgehead atoms. The fourth-order valence-electron chi connectivity index (χ4n) is 1.90. The van der Waals surface area contributed by atoms with Crippen molar-refractivity contribution in [2.24, 2.45) is 5.92 Å². The van der Waals surface area contributed by atoms with E-state index in [1.165, 1.54) is 0 Å². The average molecular weight is 295 g/mol. The van der Waals surface area contributed by atoms with E-state index in [4.69, 9.17) is 5.11 Å². The van der Waals surface area contributed by atoms with Crippen LogP contribution in [-0.4, -0.2) is 55.6 Å². The first-order chi connectivity index (χ1) is 8.53. The zero-order valence-corrected chi connectivity index (χ0v) is 12.1. The van der Waals surface area contributed by atoms with E-state index in [0.717, 1.165) is 17.9 Å². The van der Waals surface area contributed by atoms with Crippen LogP contribution < -0.4 is 5.32 Å². The zero-order valence-electron chi connectivity index (χ0n) is 10.4. The first-order valence-corrected chi connectivity index (χ1v) is 9.17. The topological polar surface area (TPSA) is 83.5 Å². The van der Waals surface area contributed by atoms with Crippen LogP contribution in [0.2, 0.25) is 0 Å². The summed E-state index contributed by atoms with van der Waals surface area (Å²) in [7, 11) is -2.88. The molecule has 1 aliphatic heterocycles. The predicted octanol–water partition coefficient (Wildman–Crippen LogP) is 0.0430. The van der Waals surface area contributed by atoms with Gasteiger partial charge in [-0.15, -0.1) is 0 Å². The Morgan fingerprint density at radius 3 is 2.78 bits per heavy atom. The molecule has 1 saturated heterocycles. The van der Waals surface area contributed by atoms with E-state index in [1.54, 1.807) is 11.8 Å². The SMILES string of the molecule is O=C(CC1CCS(=O)(=O)C1)NCCSCCCO. The molecule has 1 unspecified atom stereocenters. The van der Waals surface area contributed by atoms with Crippen LogP contribution >= 0.6 is 11.8 Å². The van der Waals surface area contributed by atoms with Gasteiger partial charge in [0.25, 0.3) is 0 Å². The maximum absolute atomic E-state index is 11.5. The van der Waals surface area contributed by atoms with Crippen LogP contribution in [0, 0.1) is 5.92 Å². The highest BCUT2D eigenvalue weighted by Crippen LogP contribution is 2.21. The molecule has 1 rings (SSSR count). The van der Waals surface area contributed by atoms with Crippen molar-refractivity contribution < 1.29 is 18.3 Å². The minimum atomic E-state index is -2.88. The summed E-state index contributed by atoms with van der Waals surface area (Å²) in [4.78, 5) is 11.5. The molecule has 2 N–H and O–H groups in total. The molecule has 1 amide bonds. The Morgan fingerprint density at radius 2 is 2.17 bits per heavy atom. The van der Waals surface area contributed by atoms with Gasteiger partial charge in [0, 0.05) is 25.3 Å². The summed E-state index contributed by atoms with van der Waals surface area (Å²) in [6.45, 7) is 0.809. The molecule has 1 heterocycles. The standard InChI is InChI=1S/C11H21NO4S2/c13-4-1-5-17-6-3-12-11(14)8-10-2-7-18(15,16)9-10/h10,13H,1-9H2,(H,12,14). The molecule has 1 fully saturated rings. The Hall–Kier alpha value is -0.270. The average Bonchev–Trinajstić information content (AvgIpc) is 2.63. The highest BCUT2D eigenvalue weighted by atomic mass is 32.2. The Bertz CT molecular complexity index is 356. The number of rotatable bonds is 8. The first-order valence-electron chi connectivity index (χ1n) is 6.19. The summed E-state index contributed by atoms with van der Waals surface area (Å²) in [5, 5.41) is 11.4. The van der Waals surface area contributed by atoms with Crippen molar-refractivity contribution in [1.29, 1.82) is 0 Å². The molecule has 0 aromatic heterocycles. The molecule has 0 aromatic rings. The number of carbonyl (C=O) groups excluding carboxylic acids is 1. The molecular weight excluding hydrogens is 274 g/mol. The molecule has 7 heteroatoms. The summed E-state index contributed by atoms with van der Waals surface area (Å²) >= 11 is 1.69. The van der Waals surface area contributed by atoms with Crippen molar-refractivity contribution in [2.75, 3.05) is 36.2 Å². The van der Waals surface area contributed by atoms with Crippen molar-refractivity contribution >= 4 is 27.5 Å². The number of aliphatic hydroxyl groups is 1. The van der Waals surface area contributed by atoms with Gasteiger partial charge in [-0.05, 0) is 24.5 Å². The molecule has 106 valence electrons. The Kier molecular flexibility index (Phi) is 7.03. The molecule has 0 saturated carbocycles. The molecular formula is C11H21NO4S2. The lowest BCUT2D eigenvalue weighted by Gasteiger charge is -2.08. The van der Waals surface area contributed by atoms with Crippen LogP contribution in [0.5, 0.6) is 0 Å². The van der Waals surface area contributed by atoms with Crippen LogP contribution in [0.3, 0.4) is 0 Å². The number of sulfone groups is 1. The largest absolute Gasteiger partial charge is 0.396 e. The van der Waals surface area contributed by atoms with Gasteiger partial charge in [-0.3, -0.25) is 4.79 Å². The third-order valence-corrected chi connectivity index (χ3v) is 5.72. The van der Waals surface area contributed by atoms with Crippen molar-refractivity contribution in [3.05, 3.63) is 0 Å². The molecule has 5 nitrogen and oxygen atoms in total. The lowest BCUT2D eigenvalue weighted by molar-refractivity contribution is -0.121. The highest BCUT2D eigenvalue weighted by molar-refractivity contribution is 7.99. The van der Waals surface area contributed by atoms with E-state index < -0.39 is 9.84 Å². The maximum atomic E-state index is 11.5. The normalized spacial score (nSPS) is 21.9. The smallest absolute Gasteiger partial charge is 0.220 e. The summed E-state index contributed by atoms with van der Waals surface area (Å²) in [6.07, 6.45) is 1.71. The lowest BCUT2D eigenvalue weighted by Crippen LogP contribution is -2.28. The number of hydrogen-bond acceptors (Lipinski definition) is 5. The molecule has 1 atom stereocenters. The maximum Gasteiger partial charge on any atom is 0.220 e. The van der Waals surface area contributed by atoms with Crippen molar-refractivity contribution in [1.82, 2.24) is 5.32 Å². The summed E-state index contributed by atoms with van der Waals surface area (Å²) in [5.41, 5.74) is 0. The molecule has 0 aliphatic carbocycles. The second-order valence-corrected chi connectivity index (χ2v) is 7.97. The minimum Gasteiger partial charge on any atom is -0.396 e. The van der Waals surface area contributed by atoms with Gasteiger partial charge < -0.3 is 10.4 Å². The zero-order chi connectivity index (χ0) is 13.4. The Morgan fingerprint density at radius 1 is 1.39 bits per heavy atom. The monoisotopic (exact) mass is 295 g/mol. The Balaban J connectivity index is 2.04. The van der Waals surface area contributed by atoms with Gasteiger partial charge in [0.2, 0.25) is 5.91 Å². The number of nitrogens with one attached hydrogen (secondary N) is 1. The predicted molar refractivity (Wildman–Crippen MR) is 73.4 cm³/mol. The van der Waals surface area contributed by atoms with Gasteiger partial charge in [0.1, 0.15) is 0 Å². The van der Waals surface area contributed by atoms with E-state index >= 15 is 0 Å². The van der Waals surface area contributed by atoms with Crippen LogP contribution in [0.25, 0.3) is 0 Å². The van der Waals surface area contributed by atoms with Gasteiger partial charge >= 0.3 is 0 Å². The second kappa shape index (κ2) is 8.01. The summed E-state index contributed by atoms with van der Waals surface area (Å²) in [5.74, 6) is 2.05. The molecule has 18 heavy (non-hydrogen) atoms. The summed E-state index contributed by atoms with van der Waals surface area (Å²) in [6, 6.07) is 0. The first kappa shape index (κ1) is 15.8. The summed E-state index contributed by atoms with van der Waals surface area (Å²) < 4.78 is 22.5. The van der Waals surface area contributed by atoms with Gasteiger partial charge in [-0.25, -0.2) is 8.42 Å². The molecule has 0 radical (unpaired) electrons. The van der Waals surface area contributed by atoms with Gasteiger partial charge in [0.15, 0.2) is 9.84 Å². The van der Waals surface area contributed by atoms with E-state index in [0.29, 0.717) is 19.4 Å². The third kappa shape index (κ3) is 6.61. The highest BCUT2D eigenvalue weighted by Gasteiger charge is 2.29. The van der Waals surface area contributed by atoms with E-state index in [2.05, 4.69) is 5.32 Å². The van der Waals surface area contributed by atoms with Crippen molar-refractivity contribution in [3.8, 4) is 0 Å². The molecule has 0 spiro atoms. The number of hydrogen-bond donors (Lipinski definition) is 2. The van der Waals surface area contributed by atoms with Crippen molar-refractivity contribution in [2.45, 2.75) is 19.3 Å².